The van der Waals surface area contributed by atoms with Gasteiger partial charge < -0.3 is 15.0 Å². The van der Waals surface area contributed by atoms with Gasteiger partial charge in [0.1, 0.15) is 0 Å². The molecule has 2 aliphatic heterocycles. The second-order valence-corrected chi connectivity index (χ2v) is 8.60. The van der Waals surface area contributed by atoms with Crippen LogP contribution in [0.15, 0.2) is 0 Å². The molecule has 3 fully saturated rings. The summed E-state index contributed by atoms with van der Waals surface area (Å²) in [5.74, 6) is 0. The van der Waals surface area contributed by atoms with Crippen LogP contribution in [-0.4, -0.2) is 85.9 Å². The SMILES string of the molecule is CSC1CCCC(NC2CCN(CCN3CCOCC3)CC2)C1. The van der Waals surface area contributed by atoms with E-state index >= 15 is 0 Å². The van der Waals surface area contributed by atoms with Crippen LogP contribution in [0, 0.1) is 0 Å². The second-order valence-electron chi connectivity index (χ2n) is 7.46. The van der Waals surface area contributed by atoms with Gasteiger partial charge in [-0.3, -0.25) is 4.90 Å². The molecule has 0 radical (unpaired) electrons. The molecule has 3 rings (SSSR count). The van der Waals surface area contributed by atoms with Crippen LogP contribution in [0.3, 0.4) is 0 Å². The first-order valence-electron chi connectivity index (χ1n) is 9.65. The van der Waals surface area contributed by atoms with Crippen molar-refractivity contribution in [2.24, 2.45) is 0 Å². The molecule has 134 valence electrons. The molecule has 1 saturated carbocycles. The van der Waals surface area contributed by atoms with Crippen molar-refractivity contribution < 1.29 is 4.74 Å². The highest BCUT2D eigenvalue weighted by molar-refractivity contribution is 7.99. The van der Waals surface area contributed by atoms with Crippen LogP contribution in [0.4, 0.5) is 0 Å². The molecule has 0 aromatic heterocycles. The fraction of sp³-hybridized carbons (Fsp3) is 1.00. The van der Waals surface area contributed by atoms with E-state index in [1.165, 1.54) is 64.7 Å². The van der Waals surface area contributed by atoms with Crippen LogP contribution in [0.25, 0.3) is 0 Å². The summed E-state index contributed by atoms with van der Waals surface area (Å²) in [7, 11) is 0. The number of thioether (sulfide) groups is 1. The highest BCUT2D eigenvalue weighted by Crippen LogP contribution is 2.27. The van der Waals surface area contributed by atoms with E-state index in [-0.39, 0.29) is 0 Å². The van der Waals surface area contributed by atoms with Crippen molar-refractivity contribution in [3.63, 3.8) is 0 Å². The molecule has 0 amide bonds. The third kappa shape index (κ3) is 5.89. The Morgan fingerprint density at radius 1 is 0.913 bits per heavy atom. The van der Waals surface area contributed by atoms with Gasteiger partial charge in [-0.2, -0.15) is 11.8 Å². The molecule has 5 heteroatoms. The predicted molar refractivity (Wildman–Crippen MR) is 99.4 cm³/mol. The van der Waals surface area contributed by atoms with Gasteiger partial charge in [-0.25, -0.2) is 0 Å². The van der Waals surface area contributed by atoms with E-state index in [4.69, 9.17) is 4.74 Å². The Morgan fingerprint density at radius 3 is 2.30 bits per heavy atom. The minimum Gasteiger partial charge on any atom is -0.379 e. The first kappa shape index (κ1) is 18.0. The van der Waals surface area contributed by atoms with Crippen molar-refractivity contribution in [3.05, 3.63) is 0 Å². The summed E-state index contributed by atoms with van der Waals surface area (Å²) in [5.41, 5.74) is 0. The highest BCUT2D eigenvalue weighted by atomic mass is 32.2. The average molecular weight is 342 g/mol. The molecule has 2 atom stereocenters. The number of morpholine rings is 1. The molecule has 1 N–H and O–H groups in total. The average Bonchev–Trinajstić information content (AvgIpc) is 2.62. The molecule has 2 heterocycles. The predicted octanol–water partition coefficient (Wildman–Crippen LogP) is 2.05. The zero-order chi connectivity index (χ0) is 15.9. The van der Waals surface area contributed by atoms with Gasteiger partial charge in [0.2, 0.25) is 0 Å². The van der Waals surface area contributed by atoms with Crippen LogP contribution in [0.1, 0.15) is 38.5 Å². The van der Waals surface area contributed by atoms with Crippen LogP contribution in [-0.2, 0) is 4.74 Å². The van der Waals surface area contributed by atoms with E-state index in [1.54, 1.807) is 0 Å². The number of likely N-dealkylation sites (tertiary alicyclic amines) is 1. The summed E-state index contributed by atoms with van der Waals surface area (Å²) in [4.78, 5) is 5.22. The maximum Gasteiger partial charge on any atom is 0.0594 e. The van der Waals surface area contributed by atoms with E-state index in [9.17, 15) is 0 Å². The monoisotopic (exact) mass is 341 g/mol. The summed E-state index contributed by atoms with van der Waals surface area (Å²) in [6.07, 6.45) is 10.6. The lowest BCUT2D eigenvalue weighted by Crippen LogP contribution is -2.49. The van der Waals surface area contributed by atoms with E-state index in [0.717, 1.165) is 43.6 Å². The largest absolute Gasteiger partial charge is 0.379 e. The summed E-state index contributed by atoms with van der Waals surface area (Å²) in [6, 6.07) is 1.55. The van der Waals surface area contributed by atoms with E-state index in [2.05, 4.69) is 33.1 Å². The Morgan fingerprint density at radius 2 is 1.61 bits per heavy atom. The van der Waals surface area contributed by atoms with Gasteiger partial charge in [0.25, 0.3) is 0 Å². The minimum absolute atomic E-state index is 0.764. The molecule has 0 spiro atoms. The van der Waals surface area contributed by atoms with Gasteiger partial charge in [0, 0.05) is 43.5 Å². The summed E-state index contributed by atoms with van der Waals surface area (Å²) in [6.45, 7) is 9.10. The number of hydrogen-bond donors (Lipinski definition) is 1. The quantitative estimate of drug-likeness (QED) is 0.798. The van der Waals surface area contributed by atoms with Crippen LogP contribution >= 0.6 is 11.8 Å². The van der Waals surface area contributed by atoms with Crippen molar-refractivity contribution in [2.75, 3.05) is 58.7 Å². The lowest BCUT2D eigenvalue weighted by atomic mass is 9.93. The first-order chi connectivity index (χ1) is 11.3. The Balaban J connectivity index is 1.30. The number of ether oxygens (including phenoxy) is 1. The maximum atomic E-state index is 5.43. The van der Waals surface area contributed by atoms with E-state index < -0.39 is 0 Å². The molecule has 0 aromatic rings. The van der Waals surface area contributed by atoms with E-state index in [0.29, 0.717) is 0 Å². The van der Waals surface area contributed by atoms with Crippen molar-refractivity contribution in [3.8, 4) is 0 Å². The van der Waals surface area contributed by atoms with E-state index in [1.807, 2.05) is 0 Å². The lowest BCUT2D eigenvalue weighted by Gasteiger charge is -2.37. The fourth-order valence-electron chi connectivity index (χ4n) is 4.27. The Hall–Kier alpha value is 0.190. The summed E-state index contributed by atoms with van der Waals surface area (Å²) in [5, 5.41) is 4.88. The summed E-state index contributed by atoms with van der Waals surface area (Å²) >= 11 is 2.07. The lowest BCUT2D eigenvalue weighted by molar-refractivity contribution is 0.0317. The van der Waals surface area contributed by atoms with Crippen molar-refractivity contribution >= 4 is 11.8 Å². The van der Waals surface area contributed by atoms with Crippen LogP contribution in [0.5, 0.6) is 0 Å². The molecule has 4 nitrogen and oxygen atoms in total. The van der Waals surface area contributed by atoms with Gasteiger partial charge in [-0.05, 0) is 51.4 Å². The van der Waals surface area contributed by atoms with Gasteiger partial charge in [-0.1, -0.05) is 6.42 Å². The third-order valence-corrected chi connectivity index (χ3v) is 6.95. The van der Waals surface area contributed by atoms with Crippen molar-refractivity contribution in [1.82, 2.24) is 15.1 Å². The highest BCUT2D eigenvalue weighted by Gasteiger charge is 2.26. The standard InChI is InChI=1S/C18H35N3OS/c1-23-18-4-2-3-17(15-18)19-16-5-7-20(8-6-16)9-10-21-11-13-22-14-12-21/h16-19H,2-15H2,1H3. The Kier molecular flexibility index (Phi) is 7.52. The molecule has 2 unspecified atom stereocenters. The normalized spacial score (nSPS) is 32.2. The fourth-order valence-corrected chi connectivity index (χ4v) is 5.10. The zero-order valence-electron chi connectivity index (χ0n) is 14.8. The molecule has 3 aliphatic rings. The second kappa shape index (κ2) is 9.62. The van der Waals surface area contributed by atoms with Gasteiger partial charge in [-0.15, -0.1) is 0 Å². The molecule has 1 aliphatic carbocycles. The number of nitrogens with one attached hydrogen (secondary N) is 1. The van der Waals surface area contributed by atoms with Crippen molar-refractivity contribution in [2.45, 2.75) is 55.9 Å². The van der Waals surface area contributed by atoms with Crippen LogP contribution in [0.2, 0.25) is 0 Å². The molecule has 23 heavy (non-hydrogen) atoms. The molecular formula is C18H35N3OS. The van der Waals surface area contributed by atoms with Gasteiger partial charge >= 0.3 is 0 Å². The molecular weight excluding hydrogens is 306 g/mol. The zero-order valence-corrected chi connectivity index (χ0v) is 15.7. The van der Waals surface area contributed by atoms with Crippen LogP contribution < -0.4 is 5.32 Å². The molecule has 2 saturated heterocycles. The molecule has 0 bridgehead atoms. The number of hydrogen-bond acceptors (Lipinski definition) is 5. The third-order valence-electron chi connectivity index (χ3n) is 5.85. The molecule has 0 aromatic carbocycles. The topological polar surface area (TPSA) is 27.7 Å². The van der Waals surface area contributed by atoms with Crippen molar-refractivity contribution in [1.29, 1.82) is 0 Å². The number of rotatable bonds is 6. The smallest absolute Gasteiger partial charge is 0.0594 e. The first-order valence-corrected chi connectivity index (χ1v) is 10.9. The van der Waals surface area contributed by atoms with Gasteiger partial charge in [0.05, 0.1) is 13.2 Å². The minimum atomic E-state index is 0.764. The Bertz CT molecular complexity index is 330. The summed E-state index contributed by atoms with van der Waals surface area (Å²) < 4.78 is 5.43. The number of nitrogens with zero attached hydrogens (tertiary/aromatic N) is 2. The maximum absolute atomic E-state index is 5.43. The number of piperidine rings is 1. The Labute approximate surface area is 146 Å². The van der Waals surface area contributed by atoms with Gasteiger partial charge in [0.15, 0.2) is 0 Å².